The van der Waals surface area contributed by atoms with Crippen molar-refractivity contribution in [1.82, 2.24) is 0 Å². The van der Waals surface area contributed by atoms with Crippen LogP contribution in [0.25, 0.3) is 10.8 Å². The molecule has 2 rings (SSSR count). The molecule has 0 aliphatic rings. The number of hydrogen-bond donors (Lipinski definition) is 2. The summed E-state index contributed by atoms with van der Waals surface area (Å²) < 4.78 is 0. The Morgan fingerprint density at radius 1 is 0.708 bits per heavy atom. The first-order valence-corrected chi connectivity index (χ1v) is 9.79. The summed E-state index contributed by atoms with van der Waals surface area (Å²) in [6.45, 7) is 2.27. The highest BCUT2D eigenvalue weighted by molar-refractivity contribution is 6.02. The number of nitrogens with two attached hydrogens (primary N) is 2. The molecule has 0 amide bonds. The van der Waals surface area contributed by atoms with Crippen molar-refractivity contribution in [2.75, 3.05) is 11.5 Å². The summed E-state index contributed by atoms with van der Waals surface area (Å²) in [7, 11) is 0. The van der Waals surface area contributed by atoms with E-state index in [0.29, 0.717) is 0 Å². The lowest BCUT2D eigenvalue weighted by atomic mass is 9.98. The molecule has 0 radical (unpaired) electrons. The lowest BCUT2D eigenvalue weighted by Crippen LogP contribution is -1.98. The second-order valence-corrected chi connectivity index (χ2v) is 7.02. The average Bonchev–Trinajstić information content (AvgIpc) is 2.58. The van der Waals surface area contributed by atoms with Crippen LogP contribution in [0.3, 0.4) is 0 Å². The molecule has 132 valence electrons. The molecular formula is C22H34N2. The zero-order valence-electron chi connectivity index (χ0n) is 15.3. The lowest BCUT2D eigenvalue weighted by Gasteiger charge is -2.11. The van der Waals surface area contributed by atoms with Gasteiger partial charge in [-0.05, 0) is 29.9 Å². The Hall–Kier alpha value is -1.70. The Morgan fingerprint density at radius 3 is 2.00 bits per heavy atom. The van der Waals surface area contributed by atoms with E-state index in [0.717, 1.165) is 28.6 Å². The van der Waals surface area contributed by atoms with Crippen molar-refractivity contribution in [3.05, 3.63) is 35.9 Å². The van der Waals surface area contributed by atoms with E-state index in [1.165, 1.54) is 69.8 Å². The number of unbranched alkanes of at least 4 members (excludes halogenated alkanes) is 9. The second kappa shape index (κ2) is 10.2. The van der Waals surface area contributed by atoms with E-state index < -0.39 is 0 Å². The summed E-state index contributed by atoms with van der Waals surface area (Å²) in [5.41, 5.74) is 15.4. The first kappa shape index (κ1) is 18.6. The molecule has 2 nitrogen and oxygen atoms in total. The van der Waals surface area contributed by atoms with Crippen molar-refractivity contribution in [2.45, 2.75) is 77.6 Å². The van der Waals surface area contributed by atoms with Crippen molar-refractivity contribution in [3.63, 3.8) is 0 Å². The highest BCUT2D eigenvalue weighted by Gasteiger charge is 2.07. The van der Waals surface area contributed by atoms with Gasteiger partial charge < -0.3 is 11.5 Å². The third-order valence-corrected chi connectivity index (χ3v) is 5.01. The van der Waals surface area contributed by atoms with Crippen molar-refractivity contribution < 1.29 is 0 Å². The molecule has 24 heavy (non-hydrogen) atoms. The maximum Gasteiger partial charge on any atom is 0.0447 e. The van der Waals surface area contributed by atoms with Crippen molar-refractivity contribution in [3.8, 4) is 0 Å². The number of anilines is 2. The summed E-state index contributed by atoms with van der Waals surface area (Å²) in [4.78, 5) is 0. The molecule has 0 bridgehead atoms. The number of hydrogen-bond acceptors (Lipinski definition) is 2. The molecule has 0 heterocycles. The second-order valence-electron chi connectivity index (χ2n) is 7.02. The number of nitrogen functional groups attached to an aromatic ring is 2. The van der Waals surface area contributed by atoms with Crippen molar-refractivity contribution in [2.24, 2.45) is 0 Å². The first-order valence-electron chi connectivity index (χ1n) is 9.79. The molecular weight excluding hydrogens is 292 g/mol. The topological polar surface area (TPSA) is 52.0 Å². The van der Waals surface area contributed by atoms with Crippen molar-refractivity contribution in [1.29, 1.82) is 0 Å². The van der Waals surface area contributed by atoms with E-state index in [4.69, 9.17) is 11.5 Å². The molecule has 0 spiro atoms. The minimum Gasteiger partial charge on any atom is -0.398 e. The molecule has 0 aromatic heterocycles. The third kappa shape index (κ3) is 5.43. The van der Waals surface area contributed by atoms with Crippen LogP contribution in [-0.4, -0.2) is 0 Å². The van der Waals surface area contributed by atoms with Gasteiger partial charge >= 0.3 is 0 Å². The van der Waals surface area contributed by atoms with Crippen LogP contribution in [0.4, 0.5) is 11.4 Å². The van der Waals surface area contributed by atoms with Gasteiger partial charge in [-0.1, -0.05) is 89.0 Å². The van der Waals surface area contributed by atoms with Gasteiger partial charge in [-0.15, -0.1) is 0 Å². The van der Waals surface area contributed by atoms with Gasteiger partial charge in [-0.25, -0.2) is 0 Å². The zero-order chi connectivity index (χ0) is 17.2. The Labute approximate surface area is 147 Å². The summed E-state index contributed by atoms with van der Waals surface area (Å²) in [6.07, 6.45) is 14.7. The SMILES string of the molecule is CCCCCCCCCCCCc1ccc2cccc(N)c2c1N. The standard InChI is InChI=1S/C22H34N2/c1-2-3-4-5-6-7-8-9-10-11-13-19-17-16-18-14-12-15-20(23)21(18)22(19)24/h12,14-17H,2-11,13,23-24H2,1H3. The average molecular weight is 327 g/mol. The van der Waals surface area contributed by atoms with Gasteiger partial charge in [0.25, 0.3) is 0 Å². The molecule has 0 aliphatic carbocycles. The van der Waals surface area contributed by atoms with E-state index in [-0.39, 0.29) is 0 Å². The van der Waals surface area contributed by atoms with E-state index in [1.54, 1.807) is 0 Å². The quantitative estimate of drug-likeness (QED) is 0.367. The predicted octanol–water partition coefficient (Wildman–Crippen LogP) is 6.47. The Kier molecular flexibility index (Phi) is 7.94. The highest BCUT2D eigenvalue weighted by Crippen LogP contribution is 2.30. The van der Waals surface area contributed by atoms with Crippen LogP contribution < -0.4 is 11.5 Å². The van der Waals surface area contributed by atoms with E-state index >= 15 is 0 Å². The highest BCUT2D eigenvalue weighted by atomic mass is 14.6. The monoisotopic (exact) mass is 326 g/mol. The van der Waals surface area contributed by atoms with Crippen LogP contribution in [0.1, 0.15) is 76.7 Å². The van der Waals surface area contributed by atoms with Gasteiger partial charge in [0.05, 0.1) is 0 Å². The largest absolute Gasteiger partial charge is 0.398 e. The fourth-order valence-corrected chi connectivity index (χ4v) is 3.50. The minimum absolute atomic E-state index is 0.787. The van der Waals surface area contributed by atoms with Gasteiger partial charge in [0.1, 0.15) is 0 Å². The molecule has 0 atom stereocenters. The molecule has 2 heteroatoms. The van der Waals surface area contributed by atoms with Crippen molar-refractivity contribution >= 4 is 22.1 Å². The summed E-state index contributed by atoms with van der Waals surface area (Å²) >= 11 is 0. The normalized spacial score (nSPS) is 11.2. The van der Waals surface area contributed by atoms with Crippen LogP contribution in [-0.2, 0) is 6.42 Å². The summed E-state index contributed by atoms with van der Waals surface area (Å²) in [5.74, 6) is 0. The Balaban J connectivity index is 1.69. The molecule has 0 saturated heterocycles. The molecule has 4 N–H and O–H groups in total. The zero-order valence-corrected chi connectivity index (χ0v) is 15.3. The van der Waals surface area contributed by atoms with Gasteiger partial charge in [0.2, 0.25) is 0 Å². The van der Waals surface area contributed by atoms with Crippen LogP contribution in [0, 0.1) is 0 Å². The van der Waals surface area contributed by atoms with Gasteiger partial charge in [0.15, 0.2) is 0 Å². The van der Waals surface area contributed by atoms with E-state index in [9.17, 15) is 0 Å². The van der Waals surface area contributed by atoms with Crippen LogP contribution >= 0.6 is 0 Å². The molecule has 0 unspecified atom stereocenters. The molecule has 0 aliphatic heterocycles. The molecule has 2 aromatic rings. The van der Waals surface area contributed by atoms with Gasteiger partial charge in [-0.3, -0.25) is 0 Å². The van der Waals surface area contributed by atoms with E-state index in [1.807, 2.05) is 12.1 Å². The fourth-order valence-electron chi connectivity index (χ4n) is 3.50. The summed E-state index contributed by atoms with van der Waals surface area (Å²) in [5, 5.41) is 2.17. The Morgan fingerprint density at radius 2 is 1.33 bits per heavy atom. The minimum atomic E-state index is 0.787. The molecule has 2 aromatic carbocycles. The number of aryl methyl sites for hydroxylation is 1. The van der Waals surface area contributed by atoms with E-state index in [2.05, 4.69) is 25.1 Å². The lowest BCUT2D eigenvalue weighted by molar-refractivity contribution is 0.556. The third-order valence-electron chi connectivity index (χ3n) is 5.01. The van der Waals surface area contributed by atoms with Gasteiger partial charge in [0, 0.05) is 16.8 Å². The predicted molar refractivity (Wildman–Crippen MR) is 108 cm³/mol. The summed E-state index contributed by atoms with van der Waals surface area (Å²) in [6, 6.07) is 10.3. The van der Waals surface area contributed by atoms with Crippen LogP contribution in [0.5, 0.6) is 0 Å². The van der Waals surface area contributed by atoms with Crippen LogP contribution in [0.15, 0.2) is 30.3 Å². The fraction of sp³-hybridized carbons (Fsp3) is 0.545. The Bertz CT molecular complexity index is 619. The molecule has 0 fully saturated rings. The molecule has 0 saturated carbocycles. The maximum atomic E-state index is 6.36. The number of fused-ring (bicyclic) bond motifs is 1. The number of rotatable bonds is 11. The smallest absolute Gasteiger partial charge is 0.0447 e. The van der Waals surface area contributed by atoms with Gasteiger partial charge in [-0.2, -0.15) is 0 Å². The van der Waals surface area contributed by atoms with Crippen LogP contribution in [0.2, 0.25) is 0 Å². The number of benzene rings is 2. The first-order chi connectivity index (χ1) is 11.7. The maximum absolute atomic E-state index is 6.36.